The number of fused-ring (bicyclic) bond motifs is 2. The number of nitrogens with zero attached hydrogens (tertiary/aromatic N) is 3. The normalized spacial score (nSPS) is 13.0. The molecule has 4 rings (SSSR count). The van der Waals surface area contributed by atoms with Crippen molar-refractivity contribution in [1.82, 2.24) is 4.98 Å². The van der Waals surface area contributed by atoms with Crippen molar-refractivity contribution >= 4 is 34.3 Å². The Hall–Kier alpha value is -2.84. The van der Waals surface area contributed by atoms with E-state index < -0.39 is 0 Å². The fourth-order valence-electron chi connectivity index (χ4n) is 3.53. The van der Waals surface area contributed by atoms with Gasteiger partial charge < -0.3 is 4.90 Å². The molecule has 0 bridgehead atoms. The highest BCUT2D eigenvalue weighted by Gasteiger charge is 2.24. The number of amides is 1. The topological polar surface area (TPSA) is 57.0 Å². The van der Waals surface area contributed by atoms with Crippen molar-refractivity contribution in [1.29, 1.82) is 5.26 Å². The van der Waals surface area contributed by atoms with Crippen molar-refractivity contribution in [2.75, 3.05) is 17.2 Å². The van der Waals surface area contributed by atoms with Gasteiger partial charge in [0.05, 0.1) is 16.8 Å². The smallest absolute Gasteiger partial charge is 0.237 e. The van der Waals surface area contributed by atoms with Gasteiger partial charge in [0.2, 0.25) is 5.91 Å². The number of anilines is 1. The van der Waals surface area contributed by atoms with Gasteiger partial charge >= 0.3 is 0 Å². The lowest BCUT2D eigenvalue weighted by atomic mass is 10.0. The maximum atomic E-state index is 12.8. The number of nitriles is 1. The second kappa shape index (κ2) is 7.65. The Labute approximate surface area is 169 Å². The summed E-state index contributed by atoms with van der Waals surface area (Å²) in [5.74, 6) is 0.742. The van der Waals surface area contributed by atoms with Crippen LogP contribution >= 0.6 is 11.8 Å². The van der Waals surface area contributed by atoms with Gasteiger partial charge in [-0.25, -0.2) is 4.98 Å². The van der Waals surface area contributed by atoms with Gasteiger partial charge in [-0.15, -0.1) is 0 Å². The standard InChI is InChI=1S/C23H21N3OS/c1-15(2)17-7-8-20-18(11-17)12-19(13-24)23(25-20)28-14-22(27)26-10-9-16-5-3-4-6-21(16)26/h3-8,11-12,15H,9-10,14H2,1-2H3. The molecule has 4 nitrogen and oxygen atoms in total. The summed E-state index contributed by atoms with van der Waals surface area (Å²) in [4.78, 5) is 19.3. The Bertz CT molecular complexity index is 1100. The van der Waals surface area contributed by atoms with E-state index in [0.717, 1.165) is 23.0 Å². The van der Waals surface area contributed by atoms with Crippen LogP contribution in [-0.4, -0.2) is 23.2 Å². The molecule has 28 heavy (non-hydrogen) atoms. The summed E-state index contributed by atoms with van der Waals surface area (Å²) >= 11 is 1.34. The van der Waals surface area contributed by atoms with E-state index in [1.807, 2.05) is 35.2 Å². The Balaban J connectivity index is 1.55. The molecule has 1 aliphatic rings. The molecule has 1 aromatic heterocycles. The van der Waals surface area contributed by atoms with Crippen LogP contribution in [0, 0.1) is 11.3 Å². The Morgan fingerprint density at radius 1 is 1.25 bits per heavy atom. The number of carbonyl (C=O) groups excluding carboxylic acids is 1. The van der Waals surface area contributed by atoms with E-state index in [2.05, 4.69) is 43.1 Å². The largest absolute Gasteiger partial charge is 0.311 e. The first kappa shape index (κ1) is 18.5. The van der Waals surface area contributed by atoms with Crippen LogP contribution in [0.3, 0.4) is 0 Å². The van der Waals surface area contributed by atoms with Crippen LogP contribution in [0.5, 0.6) is 0 Å². The molecule has 0 spiro atoms. The van der Waals surface area contributed by atoms with Gasteiger partial charge in [0.25, 0.3) is 0 Å². The summed E-state index contributed by atoms with van der Waals surface area (Å²) in [6.45, 7) is 5.01. The summed E-state index contributed by atoms with van der Waals surface area (Å²) in [7, 11) is 0. The SMILES string of the molecule is CC(C)c1ccc2nc(SCC(=O)N3CCc4ccccc43)c(C#N)cc2c1. The Morgan fingerprint density at radius 3 is 2.86 bits per heavy atom. The molecule has 3 aromatic rings. The minimum atomic E-state index is 0.0518. The third-order valence-electron chi connectivity index (χ3n) is 5.11. The number of benzene rings is 2. The van der Waals surface area contributed by atoms with Crippen molar-refractivity contribution in [2.45, 2.75) is 31.2 Å². The van der Waals surface area contributed by atoms with Gasteiger partial charge in [0, 0.05) is 17.6 Å². The molecule has 1 aliphatic heterocycles. The van der Waals surface area contributed by atoms with Crippen molar-refractivity contribution in [3.63, 3.8) is 0 Å². The van der Waals surface area contributed by atoms with E-state index in [-0.39, 0.29) is 11.7 Å². The predicted octanol–water partition coefficient (Wildman–Crippen LogP) is 4.91. The molecule has 0 fully saturated rings. The zero-order chi connectivity index (χ0) is 19.7. The number of hydrogen-bond acceptors (Lipinski definition) is 4. The van der Waals surface area contributed by atoms with Crippen LogP contribution in [0.4, 0.5) is 5.69 Å². The number of thioether (sulfide) groups is 1. The third kappa shape index (κ3) is 3.48. The monoisotopic (exact) mass is 387 g/mol. The molecule has 0 atom stereocenters. The lowest BCUT2D eigenvalue weighted by Crippen LogP contribution is -2.30. The van der Waals surface area contributed by atoms with Crippen molar-refractivity contribution in [2.24, 2.45) is 0 Å². The first-order chi connectivity index (χ1) is 13.6. The zero-order valence-electron chi connectivity index (χ0n) is 16.0. The average molecular weight is 388 g/mol. The van der Waals surface area contributed by atoms with E-state index in [1.54, 1.807) is 0 Å². The van der Waals surface area contributed by atoms with Gasteiger partial charge in [-0.2, -0.15) is 5.26 Å². The fraction of sp³-hybridized carbons (Fsp3) is 0.261. The fourth-order valence-corrected chi connectivity index (χ4v) is 4.37. The summed E-state index contributed by atoms with van der Waals surface area (Å²) < 4.78 is 0. The lowest BCUT2D eigenvalue weighted by Gasteiger charge is -2.17. The second-order valence-corrected chi connectivity index (χ2v) is 8.24. The molecule has 2 aromatic carbocycles. The van der Waals surface area contributed by atoms with Crippen molar-refractivity contribution in [3.05, 3.63) is 65.2 Å². The molecule has 0 aliphatic carbocycles. The molecular weight excluding hydrogens is 366 g/mol. The summed E-state index contributed by atoms with van der Waals surface area (Å²) in [6.07, 6.45) is 0.891. The minimum Gasteiger partial charge on any atom is -0.311 e. The van der Waals surface area contributed by atoms with Crippen LogP contribution in [-0.2, 0) is 11.2 Å². The number of hydrogen-bond donors (Lipinski definition) is 0. The first-order valence-electron chi connectivity index (χ1n) is 9.42. The molecule has 0 saturated carbocycles. The molecule has 1 amide bonds. The van der Waals surface area contributed by atoms with E-state index in [4.69, 9.17) is 0 Å². The maximum Gasteiger partial charge on any atom is 0.237 e. The maximum absolute atomic E-state index is 12.8. The molecule has 5 heteroatoms. The van der Waals surface area contributed by atoms with E-state index in [0.29, 0.717) is 23.1 Å². The van der Waals surface area contributed by atoms with Crippen LogP contribution < -0.4 is 4.90 Å². The highest BCUT2D eigenvalue weighted by molar-refractivity contribution is 8.00. The lowest BCUT2D eigenvalue weighted by molar-refractivity contribution is -0.116. The van der Waals surface area contributed by atoms with Gasteiger partial charge in [-0.3, -0.25) is 4.79 Å². The van der Waals surface area contributed by atoms with Crippen LogP contribution in [0.1, 0.15) is 36.5 Å². The van der Waals surface area contributed by atoms with Gasteiger partial charge in [-0.1, -0.05) is 49.9 Å². The number of aromatic nitrogens is 1. The van der Waals surface area contributed by atoms with Gasteiger partial charge in [0.1, 0.15) is 11.1 Å². The zero-order valence-corrected chi connectivity index (χ0v) is 16.8. The molecule has 2 heterocycles. The summed E-state index contributed by atoms with van der Waals surface area (Å²) in [6, 6.07) is 18.3. The molecular formula is C23H21N3OS. The highest BCUT2D eigenvalue weighted by atomic mass is 32.2. The van der Waals surface area contributed by atoms with Crippen molar-refractivity contribution in [3.8, 4) is 6.07 Å². The minimum absolute atomic E-state index is 0.0518. The van der Waals surface area contributed by atoms with Crippen molar-refractivity contribution < 1.29 is 4.79 Å². The van der Waals surface area contributed by atoms with Crippen LogP contribution in [0.15, 0.2) is 53.6 Å². The summed E-state index contributed by atoms with van der Waals surface area (Å²) in [5.41, 5.74) is 4.81. The van der Waals surface area contributed by atoms with Crippen LogP contribution in [0.2, 0.25) is 0 Å². The van der Waals surface area contributed by atoms with Gasteiger partial charge in [-0.05, 0) is 47.7 Å². The number of carbonyl (C=O) groups is 1. The number of rotatable bonds is 4. The Kier molecular flexibility index (Phi) is 5.06. The first-order valence-corrected chi connectivity index (χ1v) is 10.4. The average Bonchev–Trinajstić information content (AvgIpc) is 3.15. The molecule has 0 N–H and O–H groups in total. The molecule has 0 unspecified atom stereocenters. The molecule has 140 valence electrons. The molecule has 0 saturated heterocycles. The quantitative estimate of drug-likeness (QED) is 0.597. The summed E-state index contributed by atoms with van der Waals surface area (Å²) in [5, 5.41) is 11.1. The van der Waals surface area contributed by atoms with E-state index in [1.165, 1.54) is 22.9 Å². The number of pyridine rings is 1. The van der Waals surface area contributed by atoms with E-state index in [9.17, 15) is 10.1 Å². The Morgan fingerprint density at radius 2 is 2.07 bits per heavy atom. The van der Waals surface area contributed by atoms with Gasteiger partial charge in [0.15, 0.2) is 0 Å². The van der Waals surface area contributed by atoms with Crippen LogP contribution in [0.25, 0.3) is 10.9 Å². The third-order valence-corrected chi connectivity index (χ3v) is 6.09. The highest BCUT2D eigenvalue weighted by Crippen LogP contribution is 2.30. The van der Waals surface area contributed by atoms with E-state index >= 15 is 0 Å². The predicted molar refractivity (Wildman–Crippen MR) is 114 cm³/mol. The number of para-hydroxylation sites is 1. The molecule has 0 radical (unpaired) electrons. The second-order valence-electron chi connectivity index (χ2n) is 7.27.